The third-order valence-electron chi connectivity index (χ3n) is 2.03. The van der Waals surface area contributed by atoms with E-state index in [0.717, 1.165) is 11.8 Å². The summed E-state index contributed by atoms with van der Waals surface area (Å²) in [5.41, 5.74) is 0. The van der Waals surface area contributed by atoms with E-state index >= 15 is 0 Å². The zero-order valence-electron chi connectivity index (χ0n) is 7.20. The fourth-order valence-electron chi connectivity index (χ4n) is 0.968. The lowest BCUT2D eigenvalue weighted by atomic mass is 10.0. The molecule has 0 aliphatic heterocycles. The fraction of sp³-hybridized carbons (Fsp3) is 1.00. The largest absolute Gasteiger partial charge is 0.127 e. The second-order valence-corrected chi connectivity index (χ2v) is 3.43. The molecular weight excluding hydrogens is 144 g/mol. The summed E-state index contributed by atoms with van der Waals surface area (Å²) in [4.78, 5) is 0. The molecule has 0 amide bonds. The predicted octanol–water partition coefficient (Wildman–Crippen LogP) is 3.83. The summed E-state index contributed by atoms with van der Waals surface area (Å²) in [6.07, 6.45) is 6.57. The zero-order chi connectivity index (χ0) is 7.82. The topological polar surface area (TPSA) is 0 Å². The van der Waals surface area contributed by atoms with E-state index in [1.165, 1.54) is 32.1 Å². The van der Waals surface area contributed by atoms with Crippen LogP contribution >= 0.6 is 11.6 Å². The minimum Gasteiger partial charge on any atom is -0.127 e. The normalized spacial score (nSPS) is 13.5. The van der Waals surface area contributed by atoms with Gasteiger partial charge in [0.25, 0.3) is 0 Å². The summed E-state index contributed by atoms with van der Waals surface area (Å²) in [7, 11) is 0. The van der Waals surface area contributed by atoms with E-state index in [9.17, 15) is 0 Å². The van der Waals surface area contributed by atoms with Gasteiger partial charge in [0.15, 0.2) is 0 Å². The van der Waals surface area contributed by atoms with Gasteiger partial charge in [-0.1, -0.05) is 39.5 Å². The van der Waals surface area contributed by atoms with Crippen molar-refractivity contribution in [2.45, 2.75) is 46.0 Å². The van der Waals surface area contributed by atoms with Crippen LogP contribution in [0.1, 0.15) is 46.0 Å². The van der Waals surface area contributed by atoms with Crippen molar-refractivity contribution in [2.75, 3.05) is 5.88 Å². The Hall–Kier alpha value is 0.290. The van der Waals surface area contributed by atoms with Crippen molar-refractivity contribution in [2.24, 2.45) is 5.92 Å². The van der Waals surface area contributed by atoms with Gasteiger partial charge in [0.1, 0.15) is 0 Å². The van der Waals surface area contributed by atoms with E-state index in [-0.39, 0.29) is 0 Å². The minimum absolute atomic E-state index is 0.834. The molecule has 0 aromatic rings. The number of hydrogen-bond acceptors (Lipinski definition) is 0. The Labute approximate surface area is 70.0 Å². The molecule has 10 heavy (non-hydrogen) atoms. The first kappa shape index (κ1) is 10.3. The van der Waals surface area contributed by atoms with Crippen LogP contribution in [0.15, 0.2) is 0 Å². The molecule has 0 spiro atoms. The molecule has 0 radical (unpaired) electrons. The van der Waals surface area contributed by atoms with Crippen LogP contribution in [-0.4, -0.2) is 5.88 Å². The third kappa shape index (κ3) is 6.41. The summed E-state index contributed by atoms with van der Waals surface area (Å²) >= 11 is 5.55. The Morgan fingerprint density at radius 1 is 1.20 bits per heavy atom. The molecule has 0 aromatic carbocycles. The maximum atomic E-state index is 5.55. The van der Waals surface area contributed by atoms with Crippen molar-refractivity contribution < 1.29 is 0 Å². The molecule has 0 aromatic heterocycles. The van der Waals surface area contributed by atoms with Crippen molar-refractivity contribution in [3.63, 3.8) is 0 Å². The molecule has 0 fully saturated rings. The maximum absolute atomic E-state index is 5.55. The van der Waals surface area contributed by atoms with Gasteiger partial charge >= 0.3 is 0 Å². The number of alkyl halides is 1. The number of hydrogen-bond donors (Lipinski definition) is 0. The van der Waals surface area contributed by atoms with Gasteiger partial charge in [-0.25, -0.2) is 0 Å². The Kier molecular flexibility index (Phi) is 7.61. The fourth-order valence-corrected chi connectivity index (χ4v) is 1.16. The molecule has 0 saturated heterocycles. The van der Waals surface area contributed by atoms with Gasteiger partial charge in [0, 0.05) is 5.88 Å². The quantitative estimate of drug-likeness (QED) is 0.412. The van der Waals surface area contributed by atoms with Gasteiger partial charge in [-0.05, 0) is 12.3 Å². The highest BCUT2D eigenvalue weighted by atomic mass is 35.5. The first-order chi connectivity index (χ1) is 4.81. The molecule has 0 nitrogen and oxygen atoms in total. The molecule has 1 unspecified atom stereocenters. The van der Waals surface area contributed by atoms with Gasteiger partial charge in [-0.2, -0.15) is 0 Å². The van der Waals surface area contributed by atoms with Gasteiger partial charge in [-0.15, -0.1) is 11.6 Å². The summed E-state index contributed by atoms with van der Waals surface area (Å²) in [5, 5.41) is 0. The number of unbranched alkanes of at least 4 members (excludes halogenated alkanes) is 2. The van der Waals surface area contributed by atoms with Crippen molar-refractivity contribution >= 4 is 11.6 Å². The first-order valence-electron chi connectivity index (χ1n) is 4.37. The van der Waals surface area contributed by atoms with Crippen LogP contribution < -0.4 is 0 Å². The molecule has 62 valence electrons. The molecule has 0 aliphatic rings. The maximum Gasteiger partial charge on any atom is 0.0223 e. The lowest BCUT2D eigenvalue weighted by Gasteiger charge is -2.06. The van der Waals surface area contributed by atoms with Crippen molar-refractivity contribution in [3.05, 3.63) is 0 Å². The van der Waals surface area contributed by atoms with Crippen LogP contribution in [0.2, 0.25) is 0 Å². The van der Waals surface area contributed by atoms with Gasteiger partial charge < -0.3 is 0 Å². The highest BCUT2D eigenvalue weighted by molar-refractivity contribution is 6.17. The van der Waals surface area contributed by atoms with Gasteiger partial charge in [0.05, 0.1) is 0 Å². The Morgan fingerprint density at radius 2 is 1.90 bits per heavy atom. The summed E-state index contributed by atoms with van der Waals surface area (Å²) in [6.45, 7) is 4.58. The number of rotatable bonds is 6. The van der Waals surface area contributed by atoms with E-state index in [0.29, 0.717) is 0 Å². The summed E-state index contributed by atoms with van der Waals surface area (Å²) in [5.74, 6) is 1.75. The summed E-state index contributed by atoms with van der Waals surface area (Å²) in [6, 6.07) is 0. The second kappa shape index (κ2) is 7.40. The SMILES string of the molecule is CCC(C)CCCCCCl. The Bertz CT molecular complexity index is 61.7. The van der Waals surface area contributed by atoms with Crippen molar-refractivity contribution in [1.29, 1.82) is 0 Å². The average Bonchev–Trinajstić information content (AvgIpc) is 1.98. The molecule has 0 saturated carbocycles. The van der Waals surface area contributed by atoms with Crippen molar-refractivity contribution in [1.82, 2.24) is 0 Å². The van der Waals surface area contributed by atoms with Crippen LogP contribution in [0.4, 0.5) is 0 Å². The van der Waals surface area contributed by atoms with Crippen LogP contribution in [0.25, 0.3) is 0 Å². The predicted molar refractivity (Wildman–Crippen MR) is 48.6 cm³/mol. The molecule has 0 N–H and O–H groups in total. The lowest BCUT2D eigenvalue weighted by Crippen LogP contribution is -1.91. The lowest BCUT2D eigenvalue weighted by molar-refractivity contribution is 0.483. The van der Waals surface area contributed by atoms with Crippen LogP contribution in [0, 0.1) is 5.92 Å². The monoisotopic (exact) mass is 162 g/mol. The highest BCUT2D eigenvalue weighted by Gasteiger charge is 1.96. The first-order valence-corrected chi connectivity index (χ1v) is 4.90. The van der Waals surface area contributed by atoms with E-state index in [1.54, 1.807) is 0 Å². The van der Waals surface area contributed by atoms with Crippen molar-refractivity contribution in [3.8, 4) is 0 Å². The van der Waals surface area contributed by atoms with Crippen LogP contribution in [0.5, 0.6) is 0 Å². The van der Waals surface area contributed by atoms with Crippen LogP contribution in [-0.2, 0) is 0 Å². The van der Waals surface area contributed by atoms with E-state index in [4.69, 9.17) is 11.6 Å². The molecule has 0 heterocycles. The molecule has 0 aliphatic carbocycles. The van der Waals surface area contributed by atoms with Crippen LogP contribution in [0.3, 0.4) is 0 Å². The standard InChI is InChI=1S/C9H19Cl/c1-3-9(2)7-5-4-6-8-10/h9H,3-8H2,1-2H3. The van der Waals surface area contributed by atoms with E-state index in [1.807, 2.05) is 0 Å². The highest BCUT2D eigenvalue weighted by Crippen LogP contribution is 2.12. The Balaban J connectivity index is 2.89. The second-order valence-electron chi connectivity index (χ2n) is 3.05. The Morgan fingerprint density at radius 3 is 2.40 bits per heavy atom. The number of halogens is 1. The van der Waals surface area contributed by atoms with E-state index in [2.05, 4.69) is 13.8 Å². The average molecular weight is 163 g/mol. The molecule has 0 rings (SSSR count). The zero-order valence-corrected chi connectivity index (χ0v) is 7.95. The third-order valence-corrected chi connectivity index (χ3v) is 2.29. The van der Waals surface area contributed by atoms with E-state index < -0.39 is 0 Å². The summed E-state index contributed by atoms with van der Waals surface area (Å²) < 4.78 is 0. The van der Waals surface area contributed by atoms with Gasteiger partial charge in [0.2, 0.25) is 0 Å². The molecule has 0 bridgehead atoms. The minimum atomic E-state index is 0.834. The molecule has 1 atom stereocenters. The van der Waals surface area contributed by atoms with Gasteiger partial charge in [-0.3, -0.25) is 0 Å². The molecule has 1 heteroatoms. The smallest absolute Gasteiger partial charge is 0.0223 e. The molecular formula is C9H19Cl.